The number of hydrogen-bond donors (Lipinski definition) is 2. The molecule has 13 heteroatoms. The molecule has 6 rings (SSSR count). The predicted molar refractivity (Wildman–Crippen MR) is 171 cm³/mol. The Morgan fingerprint density at radius 1 is 1.15 bits per heavy atom. The number of fused-ring (bicyclic) bond motifs is 2. The molecule has 0 spiro atoms. The molecule has 0 radical (unpaired) electrons. The van der Waals surface area contributed by atoms with E-state index >= 15 is 0 Å². The number of amides is 3. The summed E-state index contributed by atoms with van der Waals surface area (Å²) in [4.78, 5) is 47.0. The number of nitrogens with zero attached hydrogens (tertiary/aromatic N) is 7. The van der Waals surface area contributed by atoms with Crippen molar-refractivity contribution in [1.82, 2.24) is 29.8 Å². The number of anilines is 1. The molecule has 0 aliphatic carbocycles. The van der Waals surface area contributed by atoms with Gasteiger partial charge < -0.3 is 20.9 Å². The summed E-state index contributed by atoms with van der Waals surface area (Å²) in [6.07, 6.45) is 3.34. The number of nitrogens with one attached hydrogen (secondary N) is 1. The van der Waals surface area contributed by atoms with Crippen LogP contribution in [0.5, 0.6) is 0 Å². The maximum atomic E-state index is 14.8. The van der Waals surface area contributed by atoms with Crippen LogP contribution in [0.1, 0.15) is 35.0 Å². The van der Waals surface area contributed by atoms with Crippen molar-refractivity contribution in [3.63, 3.8) is 0 Å². The minimum absolute atomic E-state index is 0.00864. The van der Waals surface area contributed by atoms with Crippen LogP contribution < -0.4 is 11.1 Å². The first-order valence-corrected chi connectivity index (χ1v) is 14.7. The fraction of sp³-hybridized carbons (Fsp3) is 0.242. The molecule has 46 heavy (non-hydrogen) atoms. The Hall–Kier alpha value is -5.72. The highest BCUT2D eigenvalue weighted by Crippen LogP contribution is 2.34. The van der Waals surface area contributed by atoms with E-state index in [1.54, 1.807) is 48.8 Å². The SMILES string of the molecule is C=C/C(C)=C(\N=C)N1Cc2cccc(NC(=O)C3CC(F)CN3C(=O)Cn3nc(C(N)=O)c4cc(-c5ccnnc5)ccc43)c2C1. The van der Waals surface area contributed by atoms with Crippen LogP contribution >= 0.6 is 0 Å². The topological polar surface area (TPSA) is 152 Å². The van der Waals surface area contributed by atoms with Crippen molar-refractivity contribution in [1.29, 1.82) is 0 Å². The van der Waals surface area contributed by atoms with Crippen LogP contribution in [0, 0.1) is 0 Å². The van der Waals surface area contributed by atoms with E-state index < -0.39 is 29.9 Å². The van der Waals surface area contributed by atoms with E-state index in [1.165, 1.54) is 9.58 Å². The Balaban J connectivity index is 1.22. The van der Waals surface area contributed by atoms with Gasteiger partial charge in [-0.2, -0.15) is 15.3 Å². The maximum Gasteiger partial charge on any atom is 0.269 e. The van der Waals surface area contributed by atoms with E-state index in [1.807, 2.05) is 24.0 Å². The molecule has 3 N–H and O–H groups in total. The summed E-state index contributed by atoms with van der Waals surface area (Å²) in [6.45, 7) is 9.92. The number of carbonyl (C=O) groups is 3. The molecule has 12 nitrogen and oxygen atoms in total. The summed E-state index contributed by atoms with van der Waals surface area (Å²) < 4.78 is 16.2. The smallest absolute Gasteiger partial charge is 0.269 e. The van der Waals surface area contributed by atoms with Crippen molar-refractivity contribution >= 4 is 41.0 Å². The number of likely N-dealkylation sites (tertiary alicyclic amines) is 1. The van der Waals surface area contributed by atoms with Gasteiger partial charge in [-0.1, -0.05) is 30.9 Å². The van der Waals surface area contributed by atoms with Gasteiger partial charge in [0.25, 0.3) is 5.91 Å². The molecule has 2 atom stereocenters. The molecule has 2 aliphatic heterocycles. The van der Waals surface area contributed by atoms with Gasteiger partial charge in [0, 0.05) is 36.1 Å². The summed E-state index contributed by atoms with van der Waals surface area (Å²) in [6, 6.07) is 11.6. The van der Waals surface area contributed by atoms with Crippen LogP contribution in [0.25, 0.3) is 22.0 Å². The van der Waals surface area contributed by atoms with E-state index in [0.717, 1.165) is 27.8 Å². The number of benzene rings is 2. The van der Waals surface area contributed by atoms with Gasteiger partial charge in [-0.15, -0.1) is 0 Å². The van der Waals surface area contributed by atoms with Crippen molar-refractivity contribution < 1.29 is 18.8 Å². The van der Waals surface area contributed by atoms with Crippen LogP contribution in [0.3, 0.4) is 0 Å². The number of hydrogen-bond acceptors (Lipinski definition) is 8. The van der Waals surface area contributed by atoms with Crippen LogP contribution in [-0.2, 0) is 29.2 Å². The van der Waals surface area contributed by atoms with E-state index in [9.17, 15) is 18.8 Å². The molecule has 0 bridgehead atoms. The average molecular weight is 622 g/mol. The average Bonchev–Trinajstić information content (AvgIpc) is 3.77. The zero-order valence-corrected chi connectivity index (χ0v) is 25.2. The Kier molecular flexibility index (Phi) is 8.14. The number of carbonyl (C=O) groups excluding carboxylic acids is 3. The van der Waals surface area contributed by atoms with Gasteiger partial charge >= 0.3 is 0 Å². The van der Waals surface area contributed by atoms with Gasteiger partial charge in [0.15, 0.2) is 5.69 Å². The predicted octanol–water partition coefficient (Wildman–Crippen LogP) is 3.60. The van der Waals surface area contributed by atoms with Gasteiger partial charge in [0.2, 0.25) is 11.8 Å². The van der Waals surface area contributed by atoms with Crippen LogP contribution in [0.4, 0.5) is 10.1 Å². The Labute approximate surface area is 264 Å². The van der Waals surface area contributed by atoms with Crippen molar-refractivity contribution in [3.8, 4) is 11.1 Å². The summed E-state index contributed by atoms with van der Waals surface area (Å²) in [5.74, 6) is -1.06. The zero-order chi connectivity index (χ0) is 32.5. The van der Waals surface area contributed by atoms with Crippen molar-refractivity contribution in [2.75, 3.05) is 11.9 Å². The third-order valence-electron chi connectivity index (χ3n) is 8.41. The second kappa shape index (κ2) is 12.3. The maximum absolute atomic E-state index is 14.8. The summed E-state index contributed by atoms with van der Waals surface area (Å²) in [5, 5.41) is 15.4. The molecule has 2 aromatic carbocycles. The minimum atomic E-state index is -1.38. The molecule has 4 aromatic rings. The van der Waals surface area contributed by atoms with E-state index in [4.69, 9.17) is 5.73 Å². The number of allylic oxidation sites excluding steroid dienone is 2. The normalized spacial score (nSPS) is 17.9. The van der Waals surface area contributed by atoms with Gasteiger partial charge in [0.1, 0.15) is 24.6 Å². The number of aromatic nitrogens is 4. The number of primary amides is 1. The largest absolute Gasteiger partial charge is 0.364 e. The quantitative estimate of drug-likeness (QED) is 0.214. The number of alkyl halides is 1. The molecular formula is C33H32FN9O3. The molecule has 2 aliphatic rings. The summed E-state index contributed by atoms with van der Waals surface area (Å²) >= 11 is 0. The number of rotatable bonds is 9. The molecule has 234 valence electrons. The van der Waals surface area contributed by atoms with Crippen molar-refractivity contribution in [2.24, 2.45) is 10.7 Å². The van der Waals surface area contributed by atoms with Gasteiger partial charge in [0.05, 0.1) is 24.5 Å². The fourth-order valence-electron chi connectivity index (χ4n) is 6.12. The first-order valence-electron chi connectivity index (χ1n) is 14.7. The monoisotopic (exact) mass is 621 g/mol. The first-order chi connectivity index (χ1) is 22.2. The molecule has 1 fully saturated rings. The Bertz CT molecular complexity index is 1920. The molecule has 2 unspecified atom stereocenters. The molecular weight excluding hydrogens is 589 g/mol. The lowest BCUT2D eigenvalue weighted by Crippen LogP contribution is -2.44. The third kappa shape index (κ3) is 5.62. The lowest BCUT2D eigenvalue weighted by Gasteiger charge is -2.24. The lowest BCUT2D eigenvalue weighted by atomic mass is 10.0. The standard InChI is InChI=1S/C33H32FN9O3/c1-4-19(2)32(36-3)41-15-22-6-5-7-26(25(22)17-41)39-33(46)28-13-23(34)16-42(28)29(44)18-43-27-9-8-20(21-10-11-37-38-14-21)12-24(27)30(40-43)31(35)45/h4-12,14,23,28H,1,3,13,15-18H2,2H3,(H2,35,45)(H,39,46)/b32-19+. The van der Waals surface area contributed by atoms with E-state index in [0.29, 0.717) is 35.5 Å². The third-order valence-corrected chi connectivity index (χ3v) is 8.41. The fourth-order valence-corrected chi connectivity index (χ4v) is 6.12. The second-order valence-electron chi connectivity index (χ2n) is 11.3. The van der Waals surface area contributed by atoms with Crippen molar-refractivity contribution in [2.45, 2.75) is 45.2 Å². The van der Waals surface area contributed by atoms with E-state index in [-0.39, 0.29) is 25.2 Å². The zero-order valence-electron chi connectivity index (χ0n) is 25.2. The van der Waals surface area contributed by atoms with Gasteiger partial charge in [-0.25, -0.2) is 9.38 Å². The number of nitrogens with two attached hydrogens (primary N) is 1. The van der Waals surface area contributed by atoms with E-state index in [2.05, 4.69) is 38.9 Å². The molecule has 0 saturated carbocycles. The number of aliphatic imine (C=N–C) groups is 1. The van der Waals surface area contributed by atoms with Crippen LogP contribution in [-0.4, -0.2) is 73.0 Å². The number of halogens is 1. The molecule has 4 heterocycles. The highest BCUT2D eigenvalue weighted by molar-refractivity contribution is 6.05. The molecule has 1 saturated heterocycles. The lowest BCUT2D eigenvalue weighted by molar-refractivity contribution is -0.137. The summed E-state index contributed by atoms with van der Waals surface area (Å²) in [5.41, 5.74) is 11.0. The highest BCUT2D eigenvalue weighted by atomic mass is 19.1. The van der Waals surface area contributed by atoms with Gasteiger partial charge in [-0.3, -0.25) is 19.1 Å². The molecule has 3 amide bonds. The van der Waals surface area contributed by atoms with Crippen LogP contribution in [0.15, 0.2) is 83.9 Å². The minimum Gasteiger partial charge on any atom is -0.364 e. The van der Waals surface area contributed by atoms with Gasteiger partial charge in [-0.05, 0) is 60.2 Å². The Morgan fingerprint density at radius 3 is 2.70 bits per heavy atom. The first kappa shape index (κ1) is 30.3. The second-order valence-corrected chi connectivity index (χ2v) is 11.3. The van der Waals surface area contributed by atoms with Crippen molar-refractivity contribution in [3.05, 3.63) is 95.7 Å². The highest BCUT2D eigenvalue weighted by Gasteiger charge is 2.40. The molecule has 2 aromatic heterocycles. The van der Waals surface area contributed by atoms with Crippen LogP contribution in [0.2, 0.25) is 0 Å². The summed E-state index contributed by atoms with van der Waals surface area (Å²) in [7, 11) is 0. The Morgan fingerprint density at radius 2 is 1.98 bits per heavy atom.